The van der Waals surface area contributed by atoms with E-state index in [-0.39, 0.29) is 5.78 Å². The first-order valence-electron chi connectivity index (χ1n) is 5.61. The Labute approximate surface area is 93.3 Å². The average Bonchev–Trinajstić information content (AvgIpc) is 2.59. The molecule has 2 heterocycles. The molecule has 0 radical (unpaired) electrons. The van der Waals surface area contributed by atoms with E-state index in [0.717, 1.165) is 11.5 Å². The van der Waals surface area contributed by atoms with Gasteiger partial charge in [0.2, 0.25) is 0 Å². The van der Waals surface area contributed by atoms with Crippen LogP contribution in [0.25, 0.3) is 5.65 Å². The van der Waals surface area contributed by atoms with Gasteiger partial charge in [-0.15, -0.1) is 10.2 Å². The number of nitrogens with zero attached hydrogens (tertiary/aromatic N) is 3. The number of Topliss-reactive ketones (excluding diaryl/α,β-unsaturated/α-hetero) is 1. The normalized spacial score (nSPS) is 16.3. The summed E-state index contributed by atoms with van der Waals surface area (Å²) in [6.07, 6.45) is 5.49. The number of rotatable bonds is 2. The van der Waals surface area contributed by atoms with E-state index in [1.165, 1.54) is 19.3 Å². The molecule has 0 spiro atoms. The van der Waals surface area contributed by atoms with Crippen LogP contribution >= 0.6 is 0 Å². The SMILES string of the molecule is CC(=O)c1ccc2nnc(C3CCC3)n2c1. The first-order chi connectivity index (χ1) is 7.75. The van der Waals surface area contributed by atoms with Gasteiger partial charge in [0.05, 0.1) is 0 Å². The Morgan fingerprint density at radius 1 is 1.38 bits per heavy atom. The number of aromatic nitrogens is 3. The van der Waals surface area contributed by atoms with Gasteiger partial charge < -0.3 is 0 Å². The monoisotopic (exact) mass is 215 g/mol. The third-order valence-electron chi connectivity index (χ3n) is 3.31. The number of carbonyl (C=O) groups is 1. The summed E-state index contributed by atoms with van der Waals surface area (Å²) in [4.78, 5) is 11.3. The van der Waals surface area contributed by atoms with Gasteiger partial charge in [-0.1, -0.05) is 6.42 Å². The van der Waals surface area contributed by atoms with E-state index in [4.69, 9.17) is 0 Å². The molecule has 1 saturated carbocycles. The van der Waals surface area contributed by atoms with Crippen molar-refractivity contribution in [2.75, 3.05) is 0 Å². The summed E-state index contributed by atoms with van der Waals surface area (Å²) in [5.74, 6) is 1.61. The van der Waals surface area contributed by atoms with Crippen LogP contribution in [0.5, 0.6) is 0 Å². The topological polar surface area (TPSA) is 47.3 Å². The lowest BCUT2D eigenvalue weighted by atomic mass is 9.85. The zero-order valence-electron chi connectivity index (χ0n) is 9.18. The zero-order chi connectivity index (χ0) is 11.1. The molecule has 2 aromatic rings. The number of carbonyl (C=O) groups excluding carboxylic acids is 1. The highest BCUT2D eigenvalue weighted by Gasteiger charge is 2.24. The minimum atomic E-state index is 0.0789. The van der Waals surface area contributed by atoms with Crippen molar-refractivity contribution in [2.24, 2.45) is 0 Å². The Kier molecular flexibility index (Phi) is 2.02. The van der Waals surface area contributed by atoms with Crippen molar-refractivity contribution >= 4 is 11.4 Å². The Hall–Kier alpha value is -1.71. The zero-order valence-corrected chi connectivity index (χ0v) is 9.18. The standard InChI is InChI=1S/C12H13N3O/c1-8(16)10-5-6-11-13-14-12(15(11)7-10)9-3-2-4-9/h5-7,9H,2-4H2,1H3. The first kappa shape index (κ1) is 9.51. The van der Waals surface area contributed by atoms with Gasteiger partial charge in [-0.3, -0.25) is 9.20 Å². The van der Waals surface area contributed by atoms with E-state index in [2.05, 4.69) is 10.2 Å². The summed E-state index contributed by atoms with van der Waals surface area (Å²) in [6, 6.07) is 3.66. The molecule has 16 heavy (non-hydrogen) atoms. The molecule has 0 bridgehead atoms. The van der Waals surface area contributed by atoms with E-state index in [1.807, 2.05) is 16.7 Å². The second-order valence-electron chi connectivity index (χ2n) is 4.39. The lowest BCUT2D eigenvalue weighted by molar-refractivity contribution is 0.101. The smallest absolute Gasteiger partial charge is 0.161 e. The molecule has 0 unspecified atom stereocenters. The number of hydrogen-bond donors (Lipinski definition) is 0. The van der Waals surface area contributed by atoms with Crippen LogP contribution in [0.1, 0.15) is 48.3 Å². The quantitative estimate of drug-likeness (QED) is 0.721. The van der Waals surface area contributed by atoms with Crippen molar-refractivity contribution in [2.45, 2.75) is 32.1 Å². The lowest BCUT2D eigenvalue weighted by Crippen LogP contribution is -2.12. The molecule has 0 N–H and O–H groups in total. The number of fused-ring (bicyclic) bond motifs is 1. The summed E-state index contributed by atoms with van der Waals surface area (Å²) in [5, 5.41) is 8.34. The molecule has 2 aromatic heterocycles. The van der Waals surface area contributed by atoms with Crippen molar-refractivity contribution in [3.63, 3.8) is 0 Å². The van der Waals surface area contributed by atoms with E-state index in [0.29, 0.717) is 11.5 Å². The summed E-state index contributed by atoms with van der Waals surface area (Å²) in [6.45, 7) is 1.58. The van der Waals surface area contributed by atoms with Crippen molar-refractivity contribution < 1.29 is 4.79 Å². The fourth-order valence-electron chi connectivity index (χ4n) is 2.06. The Balaban J connectivity index is 2.15. The summed E-state index contributed by atoms with van der Waals surface area (Å²) >= 11 is 0. The van der Waals surface area contributed by atoms with E-state index < -0.39 is 0 Å². The first-order valence-corrected chi connectivity index (χ1v) is 5.61. The third-order valence-corrected chi connectivity index (χ3v) is 3.31. The molecule has 0 saturated heterocycles. The largest absolute Gasteiger partial charge is 0.294 e. The molecule has 3 rings (SSSR count). The molecule has 4 nitrogen and oxygen atoms in total. The van der Waals surface area contributed by atoms with Crippen molar-refractivity contribution in [1.82, 2.24) is 14.6 Å². The summed E-state index contributed by atoms with van der Waals surface area (Å²) in [7, 11) is 0. The van der Waals surface area contributed by atoms with Gasteiger partial charge in [0, 0.05) is 17.7 Å². The Bertz CT molecular complexity index is 554. The molecule has 0 aromatic carbocycles. The van der Waals surface area contributed by atoms with Crippen LogP contribution in [-0.4, -0.2) is 20.4 Å². The number of ketones is 1. The van der Waals surface area contributed by atoms with Crippen LogP contribution in [0, 0.1) is 0 Å². The highest BCUT2D eigenvalue weighted by Crippen LogP contribution is 2.35. The molecular formula is C12H13N3O. The number of hydrogen-bond acceptors (Lipinski definition) is 3. The summed E-state index contributed by atoms with van der Waals surface area (Å²) < 4.78 is 1.96. The van der Waals surface area contributed by atoms with Crippen molar-refractivity contribution in [1.29, 1.82) is 0 Å². The fourth-order valence-corrected chi connectivity index (χ4v) is 2.06. The third kappa shape index (κ3) is 1.33. The molecule has 4 heteroatoms. The molecule has 0 atom stereocenters. The van der Waals surface area contributed by atoms with Crippen LogP contribution in [-0.2, 0) is 0 Å². The highest BCUT2D eigenvalue weighted by atomic mass is 16.1. The van der Waals surface area contributed by atoms with Gasteiger partial charge in [-0.2, -0.15) is 0 Å². The highest BCUT2D eigenvalue weighted by molar-refractivity contribution is 5.94. The van der Waals surface area contributed by atoms with Crippen molar-refractivity contribution in [3.05, 3.63) is 29.7 Å². The molecular weight excluding hydrogens is 202 g/mol. The van der Waals surface area contributed by atoms with Crippen LogP contribution in [0.15, 0.2) is 18.3 Å². The van der Waals surface area contributed by atoms with Crippen LogP contribution in [0.4, 0.5) is 0 Å². The molecule has 0 amide bonds. The maximum absolute atomic E-state index is 11.3. The van der Waals surface area contributed by atoms with E-state index >= 15 is 0 Å². The van der Waals surface area contributed by atoms with Gasteiger partial charge in [0.1, 0.15) is 5.82 Å². The Morgan fingerprint density at radius 3 is 2.81 bits per heavy atom. The predicted octanol–water partition coefficient (Wildman–Crippen LogP) is 2.20. The molecule has 1 fully saturated rings. The van der Waals surface area contributed by atoms with Crippen LogP contribution in [0.3, 0.4) is 0 Å². The second kappa shape index (κ2) is 3.40. The van der Waals surface area contributed by atoms with Crippen LogP contribution < -0.4 is 0 Å². The minimum Gasteiger partial charge on any atom is -0.294 e. The van der Waals surface area contributed by atoms with E-state index in [1.54, 1.807) is 13.0 Å². The van der Waals surface area contributed by atoms with Gasteiger partial charge >= 0.3 is 0 Å². The lowest BCUT2D eigenvalue weighted by Gasteiger charge is -2.23. The second-order valence-corrected chi connectivity index (χ2v) is 4.39. The Morgan fingerprint density at radius 2 is 2.19 bits per heavy atom. The molecule has 0 aliphatic heterocycles. The molecule has 1 aliphatic carbocycles. The summed E-state index contributed by atoms with van der Waals surface area (Å²) in [5.41, 5.74) is 1.54. The maximum Gasteiger partial charge on any atom is 0.161 e. The molecule has 1 aliphatic rings. The number of pyridine rings is 1. The van der Waals surface area contributed by atoms with Crippen LogP contribution in [0.2, 0.25) is 0 Å². The predicted molar refractivity (Wildman–Crippen MR) is 59.6 cm³/mol. The van der Waals surface area contributed by atoms with E-state index in [9.17, 15) is 4.79 Å². The molecule has 82 valence electrons. The minimum absolute atomic E-state index is 0.0789. The average molecular weight is 215 g/mol. The van der Waals surface area contributed by atoms with Gasteiger partial charge in [0.25, 0.3) is 0 Å². The van der Waals surface area contributed by atoms with Crippen molar-refractivity contribution in [3.8, 4) is 0 Å². The van der Waals surface area contributed by atoms with Gasteiger partial charge in [-0.05, 0) is 31.9 Å². The fraction of sp³-hybridized carbons (Fsp3) is 0.417. The van der Waals surface area contributed by atoms with Gasteiger partial charge in [-0.25, -0.2) is 0 Å². The maximum atomic E-state index is 11.3. The van der Waals surface area contributed by atoms with Gasteiger partial charge in [0.15, 0.2) is 11.4 Å².